The molecule has 78 valence electrons. The lowest BCUT2D eigenvalue weighted by Crippen LogP contribution is -2.02. The van der Waals surface area contributed by atoms with Crippen molar-refractivity contribution in [3.63, 3.8) is 0 Å². The lowest BCUT2D eigenvalue weighted by Gasteiger charge is -2.00. The quantitative estimate of drug-likeness (QED) is 0.482. The van der Waals surface area contributed by atoms with E-state index in [0.717, 1.165) is 12.8 Å². The van der Waals surface area contributed by atoms with Gasteiger partial charge in [-0.2, -0.15) is 0 Å². The van der Waals surface area contributed by atoms with E-state index in [4.69, 9.17) is 0 Å². The van der Waals surface area contributed by atoms with Crippen LogP contribution < -0.4 is 0 Å². The molecular weight excluding hydrogens is 262 g/mol. The number of carbonyl (C=O) groups is 1. The Hall–Kier alpha value is -1.23. The number of hydrogen-bond donors (Lipinski definition) is 0. The monoisotopic (exact) mass is 269 g/mol. The van der Waals surface area contributed by atoms with Crippen molar-refractivity contribution >= 4 is 27.4 Å². The van der Waals surface area contributed by atoms with Crippen LogP contribution in [0.2, 0.25) is 0 Å². The van der Waals surface area contributed by atoms with Crippen molar-refractivity contribution in [2.75, 3.05) is 0 Å². The van der Waals surface area contributed by atoms with Gasteiger partial charge in [-0.3, -0.25) is 14.9 Å². The molecule has 0 N–H and O–H groups in total. The van der Waals surface area contributed by atoms with Crippen LogP contribution in [0.1, 0.15) is 23.2 Å². The third-order valence-electron chi connectivity index (χ3n) is 2.38. The molecule has 0 aliphatic heterocycles. The molecule has 1 aliphatic rings. The maximum Gasteiger partial charge on any atom is 0.284 e. The van der Waals surface area contributed by atoms with Crippen molar-refractivity contribution in [2.45, 2.75) is 12.8 Å². The lowest BCUT2D eigenvalue weighted by molar-refractivity contribution is -0.385. The number of nitro groups is 1. The zero-order valence-corrected chi connectivity index (χ0v) is 9.36. The first-order valence-corrected chi connectivity index (χ1v) is 5.37. The fourth-order valence-corrected chi connectivity index (χ4v) is 1.78. The Kier molecular flexibility index (Phi) is 2.56. The molecule has 15 heavy (non-hydrogen) atoms. The van der Waals surface area contributed by atoms with Crippen molar-refractivity contribution in [3.8, 4) is 0 Å². The van der Waals surface area contributed by atoms with Crippen LogP contribution in [0.4, 0.5) is 5.69 Å². The van der Waals surface area contributed by atoms with Crippen LogP contribution >= 0.6 is 15.9 Å². The minimum Gasteiger partial charge on any atom is -0.294 e. The fourth-order valence-electron chi connectivity index (χ4n) is 1.39. The van der Waals surface area contributed by atoms with Gasteiger partial charge in [-0.15, -0.1) is 0 Å². The van der Waals surface area contributed by atoms with E-state index >= 15 is 0 Å². The highest BCUT2D eigenvalue weighted by molar-refractivity contribution is 9.10. The summed E-state index contributed by atoms with van der Waals surface area (Å²) in [6.07, 6.45) is 1.81. The molecule has 0 aromatic heterocycles. The Morgan fingerprint density at radius 1 is 1.47 bits per heavy atom. The average molecular weight is 270 g/mol. The number of rotatable bonds is 3. The van der Waals surface area contributed by atoms with Gasteiger partial charge in [-0.1, -0.05) is 0 Å². The van der Waals surface area contributed by atoms with E-state index in [9.17, 15) is 14.9 Å². The molecule has 2 rings (SSSR count). The summed E-state index contributed by atoms with van der Waals surface area (Å²) in [5.41, 5.74) is 0.383. The van der Waals surface area contributed by atoms with Gasteiger partial charge in [0.25, 0.3) is 5.69 Å². The van der Waals surface area contributed by atoms with E-state index in [1.54, 1.807) is 12.1 Å². The predicted octanol–water partition coefficient (Wildman–Crippen LogP) is 2.95. The van der Waals surface area contributed by atoms with Crippen LogP contribution in [-0.2, 0) is 0 Å². The number of nitro benzene ring substituents is 1. The molecule has 4 nitrogen and oxygen atoms in total. The highest BCUT2D eigenvalue weighted by Gasteiger charge is 2.31. The van der Waals surface area contributed by atoms with E-state index in [1.807, 2.05) is 0 Å². The number of ketones is 1. The zero-order valence-electron chi connectivity index (χ0n) is 7.77. The smallest absolute Gasteiger partial charge is 0.284 e. The van der Waals surface area contributed by atoms with Gasteiger partial charge in [0.2, 0.25) is 0 Å². The Morgan fingerprint density at radius 3 is 2.67 bits per heavy atom. The van der Waals surface area contributed by atoms with Gasteiger partial charge in [0.1, 0.15) is 0 Å². The van der Waals surface area contributed by atoms with Crippen molar-refractivity contribution in [2.24, 2.45) is 5.92 Å². The van der Waals surface area contributed by atoms with Gasteiger partial charge in [0, 0.05) is 17.5 Å². The van der Waals surface area contributed by atoms with Gasteiger partial charge in [0.15, 0.2) is 5.78 Å². The summed E-state index contributed by atoms with van der Waals surface area (Å²) in [7, 11) is 0. The summed E-state index contributed by atoms with van der Waals surface area (Å²) in [4.78, 5) is 21.8. The largest absolute Gasteiger partial charge is 0.294 e. The Morgan fingerprint density at radius 2 is 2.13 bits per heavy atom. The lowest BCUT2D eigenvalue weighted by atomic mass is 10.1. The second-order valence-corrected chi connectivity index (χ2v) is 4.42. The molecule has 0 spiro atoms. The molecule has 1 saturated carbocycles. The summed E-state index contributed by atoms with van der Waals surface area (Å²) in [6, 6.07) is 4.51. The normalized spacial score (nSPS) is 15.0. The van der Waals surface area contributed by atoms with E-state index in [2.05, 4.69) is 15.9 Å². The number of Topliss-reactive ketones (excluding diaryl/α,β-unsaturated/α-hetero) is 1. The molecule has 0 heterocycles. The summed E-state index contributed by atoms with van der Waals surface area (Å²) >= 11 is 3.08. The Bertz CT molecular complexity index is 440. The number of benzene rings is 1. The molecule has 1 aromatic carbocycles. The summed E-state index contributed by atoms with van der Waals surface area (Å²) < 4.78 is 0.403. The van der Waals surface area contributed by atoms with E-state index in [-0.39, 0.29) is 17.4 Å². The molecule has 1 aromatic rings. The van der Waals surface area contributed by atoms with Gasteiger partial charge in [-0.05, 0) is 40.9 Å². The number of halogens is 1. The zero-order chi connectivity index (χ0) is 11.0. The Balaban J connectivity index is 2.37. The summed E-state index contributed by atoms with van der Waals surface area (Å²) in [5.74, 6) is 0.108. The predicted molar refractivity (Wildman–Crippen MR) is 57.9 cm³/mol. The second-order valence-electron chi connectivity index (χ2n) is 3.56. The van der Waals surface area contributed by atoms with Crippen LogP contribution in [0.5, 0.6) is 0 Å². The molecule has 0 saturated heterocycles. The highest BCUT2D eigenvalue weighted by atomic mass is 79.9. The molecule has 5 heteroatoms. The standard InChI is InChI=1S/C10H8BrNO3/c11-8-4-3-7(5-9(8)12(14)15)10(13)6-1-2-6/h3-6H,1-2H2. The van der Waals surface area contributed by atoms with E-state index in [0.29, 0.717) is 10.0 Å². The minimum absolute atomic E-state index is 0.0191. The molecule has 0 unspecified atom stereocenters. The molecule has 0 atom stereocenters. The van der Waals surface area contributed by atoms with Gasteiger partial charge < -0.3 is 0 Å². The summed E-state index contributed by atoms with van der Waals surface area (Å²) in [5, 5.41) is 10.6. The van der Waals surface area contributed by atoms with E-state index in [1.165, 1.54) is 6.07 Å². The maximum atomic E-state index is 11.7. The molecule has 1 fully saturated rings. The van der Waals surface area contributed by atoms with Crippen molar-refractivity contribution in [1.29, 1.82) is 0 Å². The SMILES string of the molecule is O=C(c1ccc(Br)c([N+](=O)[O-])c1)C1CC1. The van der Waals surface area contributed by atoms with E-state index < -0.39 is 4.92 Å². The fraction of sp³-hybridized carbons (Fsp3) is 0.300. The maximum absolute atomic E-state index is 11.7. The molecular formula is C10H8BrNO3. The van der Waals surface area contributed by atoms with Crippen molar-refractivity contribution in [3.05, 3.63) is 38.3 Å². The molecule has 0 bridgehead atoms. The topological polar surface area (TPSA) is 60.2 Å². The molecule has 1 aliphatic carbocycles. The van der Waals surface area contributed by atoms with Crippen LogP contribution in [-0.4, -0.2) is 10.7 Å². The minimum atomic E-state index is -0.492. The van der Waals surface area contributed by atoms with Crippen LogP contribution in [0, 0.1) is 16.0 Å². The van der Waals surface area contributed by atoms with Crippen molar-refractivity contribution in [1.82, 2.24) is 0 Å². The number of nitrogens with zero attached hydrogens (tertiary/aromatic N) is 1. The average Bonchev–Trinajstić information content (AvgIpc) is 3.00. The molecule has 0 amide bonds. The molecule has 0 radical (unpaired) electrons. The van der Waals surface area contributed by atoms with Gasteiger partial charge in [0.05, 0.1) is 9.40 Å². The first-order valence-electron chi connectivity index (χ1n) is 4.58. The first-order chi connectivity index (χ1) is 7.09. The second kappa shape index (κ2) is 3.73. The first kappa shape index (κ1) is 10.3. The van der Waals surface area contributed by atoms with Gasteiger partial charge in [-0.25, -0.2) is 0 Å². The van der Waals surface area contributed by atoms with Crippen LogP contribution in [0.3, 0.4) is 0 Å². The van der Waals surface area contributed by atoms with Crippen LogP contribution in [0.25, 0.3) is 0 Å². The van der Waals surface area contributed by atoms with Gasteiger partial charge >= 0.3 is 0 Å². The van der Waals surface area contributed by atoms with Crippen molar-refractivity contribution < 1.29 is 9.72 Å². The third kappa shape index (κ3) is 2.07. The highest BCUT2D eigenvalue weighted by Crippen LogP contribution is 2.34. The number of hydrogen-bond acceptors (Lipinski definition) is 3. The number of carbonyl (C=O) groups excluding carboxylic acids is 1. The Labute approximate surface area is 94.6 Å². The summed E-state index contributed by atoms with van der Waals surface area (Å²) in [6.45, 7) is 0. The third-order valence-corrected chi connectivity index (χ3v) is 3.05. The van der Waals surface area contributed by atoms with Crippen LogP contribution in [0.15, 0.2) is 22.7 Å².